The van der Waals surface area contributed by atoms with Crippen LogP contribution in [0.5, 0.6) is 0 Å². The Balaban J connectivity index is 3.56. The van der Waals surface area contributed by atoms with E-state index in [2.05, 4.69) is 34.6 Å². The fourth-order valence-electron chi connectivity index (χ4n) is 2.42. The van der Waals surface area contributed by atoms with Gasteiger partial charge in [-0.1, -0.05) is 89.1 Å². The summed E-state index contributed by atoms with van der Waals surface area (Å²) in [6.45, 7) is 12.6. The summed E-state index contributed by atoms with van der Waals surface area (Å²) < 4.78 is 6.21. The van der Waals surface area contributed by atoms with Gasteiger partial charge in [-0.25, -0.2) is 0 Å². The molecule has 1 nitrogen and oxygen atoms in total. The van der Waals surface area contributed by atoms with Crippen LogP contribution in [0.1, 0.15) is 73.1 Å². The molecule has 0 saturated heterocycles. The second-order valence-electron chi connectivity index (χ2n) is 6.52. The standard InChI is InChI=1S/C8H17O.2C4H9.Al/c1-2-3-4-5-6-7-8-9;2*1-4(2)3;/h2-8H2,1H3;2*4H,1H2,2-3H3;/q-1;;;+1. The molecule has 0 N–H and O–H groups in total. The van der Waals surface area contributed by atoms with Gasteiger partial charge in [-0.3, -0.25) is 0 Å². The van der Waals surface area contributed by atoms with Gasteiger partial charge in [0.15, 0.2) is 0 Å². The van der Waals surface area contributed by atoms with Gasteiger partial charge in [-0.15, -0.1) is 0 Å². The normalized spacial score (nSPS) is 11.5. The first-order valence-corrected chi connectivity index (χ1v) is 10.3. The zero-order valence-electron chi connectivity index (χ0n) is 13.5. The predicted octanol–water partition coefficient (Wildman–Crippen LogP) is 5.67. The maximum Gasteiger partial charge on any atom is 0.461 e. The Morgan fingerprint density at radius 2 is 1.28 bits per heavy atom. The molecule has 0 radical (unpaired) electrons. The first-order valence-electron chi connectivity index (χ1n) is 8.17. The van der Waals surface area contributed by atoms with E-state index in [1.54, 1.807) is 0 Å². The SMILES string of the molecule is CCCCCCCC[O][Al]([CH2]C(C)C)[CH2]C(C)C. The summed E-state index contributed by atoms with van der Waals surface area (Å²) in [4.78, 5) is 0. The van der Waals surface area contributed by atoms with E-state index in [4.69, 9.17) is 3.79 Å². The van der Waals surface area contributed by atoms with Crippen molar-refractivity contribution in [3.05, 3.63) is 0 Å². The predicted molar refractivity (Wildman–Crippen MR) is 84.4 cm³/mol. The molecule has 0 aromatic heterocycles. The van der Waals surface area contributed by atoms with Gasteiger partial charge in [0.25, 0.3) is 0 Å². The lowest BCUT2D eigenvalue weighted by Crippen LogP contribution is -2.22. The van der Waals surface area contributed by atoms with Crippen molar-refractivity contribution in [2.24, 2.45) is 11.8 Å². The van der Waals surface area contributed by atoms with Gasteiger partial charge in [0.2, 0.25) is 0 Å². The molecule has 0 heterocycles. The minimum atomic E-state index is -0.914. The summed E-state index contributed by atoms with van der Waals surface area (Å²) in [6, 6.07) is 0. The van der Waals surface area contributed by atoms with Gasteiger partial charge < -0.3 is 3.79 Å². The highest BCUT2D eigenvalue weighted by Crippen LogP contribution is 2.16. The van der Waals surface area contributed by atoms with E-state index in [-0.39, 0.29) is 0 Å². The molecule has 0 saturated carbocycles. The van der Waals surface area contributed by atoms with Gasteiger partial charge in [0, 0.05) is 6.61 Å². The van der Waals surface area contributed by atoms with Crippen molar-refractivity contribution in [1.29, 1.82) is 0 Å². The molecule has 0 amide bonds. The van der Waals surface area contributed by atoms with Crippen molar-refractivity contribution < 1.29 is 3.79 Å². The van der Waals surface area contributed by atoms with Gasteiger partial charge in [-0.05, 0) is 6.42 Å². The Kier molecular flexibility index (Phi) is 12.9. The first kappa shape index (κ1) is 18.5. The highest BCUT2D eigenvalue weighted by molar-refractivity contribution is 6.51. The molecule has 0 aliphatic carbocycles. The molecule has 0 spiro atoms. The lowest BCUT2D eigenvalue weighted by Gasteiger charge is -2.16. The summed E-state index contributed by atoms with van der Waals surface area (Å²) in [5.41, 5.74) is 0. The van der Waals surface area contributed by atoms with Crippen LogP contribution in [0.25, 0.3) is 0 Å². The molecule has 0 bridgehead atoms. The fraction of sp³-hybridized carbons (Fsp3) is 1.00. The van der Waals surface area contributed by atoms with Crippen LogP contribution in [-0.4, -0.2) is 21.1 Å². The third kappa shape index (κ3) is 12.9. The lowest BCUT2D eigenvalue weighted by atomic mass is 10.1. The minimum Gasteiger partial charge on any atom is -0.501 e. The van der Waals surface area contributed by atoms with Crippen LogP contribution in [0.3, 0.4) is 0 Å². The summed E-state index contributed by atoms with van der Waals surface area (Å²) >= 11 is -0.914. The topological polar surface area (TPSA) is 9.23 Å². The molecule has 18 heavy (non-hydrogen) atoms. The molecule has 0 aliphatic heterocycles. The van der Waals surface area contributed by atoms with Gasteiger partial charge in [-0.2, -0.15) is 0 Å². The summed E-state index contributed by atoms with van der Waals surface area (Å²) in [7, 11) is 0. The summed E-state index contributed by atoms with van der Waals surface area (Å²) in [6.07, 6.45) is 8.20. The minimum absolute atomic E-state index is 0.810. The largest absolute Gasteiger partial charge is 0.501 e. The number of hydrogen-bond acceptors (Lipinski definition) is 1. The number of unbranched alkanes of at least 4 members (excludes halogenated alkanes) is 5. The summed E-state index contributed by atoms with van der Waals surface area (Å²) in [5, 5.41) is 2.71. The average Bonchev–Trinajstić information content (AvgIpc) is 2.26. The highest BCUT2D eigenvalue weighted by Gasteiger charge is 2.22. The molecule has 2 heteroatoms. The van der Waals surface area contributed by atoms with Crippen LogP contribution in [0.15, 0.2) is 0 Å². The Hall–Kier alpha value is 0.492. The van der Waals surface area contributed by atoms with Gasteiger partial charge >= 0.3 is 14.5 Å². The monoisotopic (exact) mass is 270 g/mol. The maximum atomic E-state index is 6.21. The molecule has 0 rings (SSSR count). The zero-order chi connectivity index (χ0) is 13.8. The van der Waals surface area contributed by atoms with E-state index < -0.39 is 14.5 Å². The van der Waals surface area contributed by atoms with Crippen LogP contribution < -0.4 is 0 Å². The van der Waals surface area contributed by atoms with Gasteiger partial charge in [0.1, 0.15) is 0 Å². The van der Waals surface area contributed by atoms with E-state index in [1.807, 2.05) is 0 Å². The number of hydrogen-bond donors (Lipinski definition) is 0. The van der Waals surface area contributed by atoms with Crippen LogP contribution in [0, 0.1) is 11.8 Å². The van der Waals surface area contributed by atoms with Crippen molar-refractivity contribution in [2.75, 3.05) is 6.61 Å². The molecule has 0 aromatic carbocycles. The Morgan fingerprint density at radius 1 is 0.778 bits per heavy atom. The lowest BCUT2D eigenvalue weighted by molar-refractivity contribution is 0.298. The number of rotatable bonds is 12. The van der Waals surface area contributed by atoms with Crippen molar-refractivity contribution >= 4 is 14.5 Å². The molecule has 0 unspecified atom stereocenters. The molecular weight excluding hydrogens is 235 g/mol. The van der Waals surface area contributed by atoms with Crippen LogP contribution in [0.2, 0.25) is 10.6 Å². The Bertz CT molecular complexity index is 158. The third-order valence-corrected chi connectivity index (χ3v) is 6.96. The van der Waals surface area contributed by atoms with Crippen molar-refractivity contribution in [3.8, 4) is 0 Å². The van der Waals surface area contributed by atoms with Crippen molar-refractivity contribution in [1.82, 2.24) is 0 Å². The van der Waals surface area contributed by atoms with E-state index in [0.717, 1.165) is 18.4 Å². The van der Waals surface area contributed by atoms with Crippen LogP contribution >= 0.6 is 0 Å². The molecule has 0 fully saturated rings. The quantitative estimate of drug-likeness (QED) is 0.328. The molecule has 0 atom stereocenters. The smallest absolute Gasteiger partial charge is 0.461 e. The van der Waals surface area contributed by atoms with Crippen molar-refractivity contribution in [2.45, 2.75) is 83.7 Å². The Labute approximate surface area is 120 Å². The zero-order valence-corrected chi connectivity index (χ0v) is 14.7. The third-order valence-electron chi connectivity index (χ3n) is 3.32. The second-order valence-corrected chi connectivity index (χ2v) is 9.04. The molecule has 0 aliphatic rings. The average molecular weight is 270 g/mol. The first-order chi connectivity index (χ1) is 8.56. The van der Waals surface area contributed by atoms with E-state index in [1.165, 1.54) is 49.1 Å². The Morgan fingerprint density at radius 3 is 1.78 bits per heavy atom. The fourth-order valence-corrected chi connectivity index (χ4v) is 5.48. The van der Waals surface area contributed by atoms with E-state index in [9.17, 15) is 0 Å². The maximum absolute atomic E-state index is 6.21. The summed E-state index contributed by atoms with van der Waals surface area (Å²) in [5.74, 6) is 1.62. The second kappa shape index (κ2) is 12.5. The van der Waals surface area contributed by atoms with Crippen molar-refractivity contribution in [3.63, 3.8) is 0 Å². The molecular formula is C16H35AlO. The van der Waals surface area contributed by atoms with Crippen LogP contribution in [-0.2, 0) is 3.79 Å². The molecule has 0 aromatic rings. The van der Waals surface area contributed by atoms with Gasteiger partial charge in [0.05, 0.1) is 0 Å². The highest BCUT2D eigenvalue weighted by atomic mass is 27.2. The van der Waals surface area contributed by atoms with Crippen LogP contribution in [0.4, 0.5) is 0 Å². The van der Waals surface area contributed by atoms with E-state index in [0.29, 0.717) is 0 Å². The molecule has 108 valence electrons. The van der Waals surface area contributed by atoms with E-state index >= 15 is 0 Å².